The van der Waals surface area contributed by atoms with Crippen LogP contribution < -0.4 is 5.32 Å². The Kier molecular flexibility index (Phi) is 4.64. The molecule has 0 bridgehead atoms. The fourth-order valence-corrected chi connectivity index (χ4v) is 5.61. The van der Waals surface area contributed by atoms with Gasteiger partial charge in [0.2, 0.25) is 0 Å². The van der Waals surface area contributed by atoms with Crippen molar-refractivity contribution >= 4 is 12.4 Å². The van der Waals surface area contributed by atoms with Gasteiger partial charge in [0.1, 0.15) is 0 Å². The third-order valence-corrected chi connectivity index (χ3v) is 6.58. The van der Waals surface area contributed by atoms with Gasteiger partial charge in [0.15, 0.2) is 0 Å². The van der Waals surface area contributed by atoms with Gasteiger partial charge in [-0.25, -0.2) is 0 Å². The molecule has 5 rings (SSSR count). The number of hydrogen-bond acceptors (Lipinski definition) is 2. The lowest BCUT2D eigenvalue weighted by Gasteiger charge is -2.37. The Morgan fingerprint density at radius 3 is 3.00 bits per heavy atom. The van der Waals surface area contributed by atoms with E-state index < -0.39 is 0 Å². The molecule has 0 amide bonds. The Hall–Kier alpha value is -1.67. The van der Waals surface area contributed by atoms with E-state index in [1.54, 1.807) is 16.8 Å². The van der Waals surface area contributed by atoms with Gasteiger partial charge in [0, 0.05) is 35.6 Å². The molecule has 26 heavy (non-hydrogen) atoms. The first kappa shape index (κ1) is 17.7. The molecule has 138 valence electrons. The van der Waals surface area contributed by atoms with Crippen LogP contribution in [-0.2, 0) is 0 Å². The van der Waals surface area contributed by atoms with E-state index in [2.05, 4.69) is 54.2 Å². The SMILES string of the molecule is C=C(C)CC1CCC2C3=CNCC=C3N3C2=C1CC=C1C=CCCC13.Cl. The summed E-state index contributed by atoms with van der Waals surface area (Å²) in [4.78, 5) is 2.75. The van der Waals surface area contributed by atoms with Gasteiger partial charge >= 0.3 is 0 Å². The van der Waals surface area contributed by atoms with Crippen molar-refractivity contribution in [2.75, 3.05) is 6.54 Å². The smallest absolute Gasteiger partial charge is 0.0588 e. The van der Waals surface area contributed by atoms with Crippen LogP contribution in [0.15, 0.2) is 70.8 Å². The molecule has 0 radical (unpaired) electrons. The average Bonchev–Trinajstić information content (AvgIpc) is 2.84. The maximum absolute atomic E-state index is 4.21. The molecule has 1 fully saturated rings. The lowest BCUT2D eigenvalue weighted by atomic mass is 9.75. The van der Waals surface area contributed by atoms with E-state index in [0.29, 0.717) is 17.9 Å². The fraction of sp³-hybridized carbons (Fsp3) is 0.478. The highest BCUT2D eigenvalue weighted by atomic mass is 35.5. The maximum Gasteiger partial charge on any atom is 0.0588 e. The van der Waals surface area contributed by atoms with Crippen molar-refractivity contribution in [1.29, 1.82) is 0 Å². The minimum absolute atomic E-state index is 0. The van der Waals surface area contributed by atoms with E-state index in [9.17, 15) is 0 Å². The molecule has 5 aliphatic rings. The number of nitrogens with zero attached hydrogens (tertiary/aromatic N) is 1. The first-order chi connectivity index (χ1) is 12.2. The number of rotatable bonds is 2. The summed E-state index contributed by atoms with van der Waals surface area (Å²) in [6.07, 6.45) is 19.3. The lowest BCUT2D eigenvalue weighted by molar-refractivity contribution is 0.319. The Morgan fingerprint density at radius 2 is 2.15 bits per heavy atom. The largest absolute Gasteiger partial charge is 0.387 e. The summed E-state index contributed by atoms with van der Waals surface area (Å²) in [6.45, 7) is 7.36. The zero-order valence-electron chi connectivity index (χ0n) is 15.6. The highest BCUT2D eigenvalue weighted by Gasteiger charge is 2.46. The van der Waals surface area contributed by atoms with Gasteiger partial charge in [-0.2, -0.15) is 0 Å². The molecular weight excluding hydrogens is 340 g/mol. The predicted molar refractivity (Wildman–Crippen MR) is 111 cm³/mol. The summed E-state index contributed by atoms with van der Waals surface area (Å²) in [7, 11) is 0. The number of allylic oxidation sites excluding steroid dienone is 6. The molecule has 0 aromatic rings. The molecule has 3 atom stereocenters. The van der Waals surface area contributed by atoms with Gasteiger partial charge in [-0.05, 0) is 68.6 Å². The normalized spacial score (nSPS) is 31.3. The van der Waals surface area contributed by atoms with Gasteiger partial charge in [0.25, 0.3) is 0 Å². The van der Waals surface area contributed by atoms with Gasteiger partial charge in [0.05, 0.1) is 6.04 Å². The van der Waals surface area contributed by atoms with E-state index >= 15 is 0 Å². The molecule has 0 saturated carbocycles. The second-order valence-corrected chi connectivity index (χ2v) is 8.27. The Balaban J connectivity index is 0.00000168. The Morgan fingerprint density at radius 1 is 1.27 bits per heavy atom. The number of nitrogens with one attached hydrogen (secondary N) is 1. The van der Waals surface area contributed by atoms with Crippen molar-refractivity contribution in [3.05, 3.63) is 70.8 Å². The highest BCUT2D eigenvalue weighted by Crippen LogP contribution is 2.54. The monoisotopic (exact) mass is 368 g/mol. The average molecular weight is 369 g/mol. The van der Waals surface area contributed by atoms with Crippen LogP contribution in [0.5, 0.6) is 0 Å². The molecule has 3 heterocycles. The van der Waals surface area contributed by atoms with Crippen LogP contribution in [0.25, 0.3) is 0 Å². The van der Waals surface area contributed by atoms with Crippen molar-refractivity contribution in [1.82, 2.24) is 10.2 Å². The molecule has 1 saturated heterocycles. The van der Waals surface area contributed by atoms with Crippen LogP contribution in [0.3, 0.4) is 0 Å². The fourth-order valence-electron chi connectivity index (χ4n) is 5.61. The summed E-state index contributed by atoms with van der Waals surface area (Å²) >= 11 is 0. The van der Waals surface area contributed by atoms with Crippen LogP contribution in [0.2, 0.25) is 0 Å². The Labute approximate surface area is 163 Å². The standard InChI is InChI=1S/C23H28N2.ClH/c1-15(2)13-17-8-10-19-20-14-24-12-11-22(20)25-21-6-4-3-5-16(21)7-9-18(17)23(19)25;/h3,5,7,11,14,17,19,21,24H,1,4,6,8-10,12-13H2,2H3;1H. The van der Waals surface area contributed by atoms with Crippen molar-refractivity contribution < 1.29 is 0 Å². The molecule has 3 unspecified atom stereocenters. The molecule has 2 nitrogen and oxygen atoms in total. The van der Waals surface area contributed by atoms with Gasteiger partial charge in [-0.15, -0.1) is 19.0 Å². The maximum atomic E-state index is 4.21. The molecular formula is C23H29ClN2. The predicted octanol–water partition coefficient (Wildman–Crippen LogP) is 5.39. The van der Waals surface area contributed by atoms with E-state index in [4.69, 9.17) is 0 Å². The minimum atomic E-state index is 0. The van der Waals surface area contributed by atoms with Crippen molar-refractivity contribution in [2.45, 2.75) is 51.5 Å². The second kappa shape index (κ2) is 6.81. The minimum Gasteiger partial charge on any atom is -0.387 e. The zero-order chi connectivity index (χ0) is 17.0. The topological polar surface area (TPSA) is 15.3 Å². The first-order valence-electron chi connectivity index (χ1n) is 9.91. The van der Waals surface area contributed by atoms with E-state index in [1.807, 2.05) is 0 Å². The van der Waals surface area contributed by atoms with Crippen molar-refractivity contribution in [2.24, 2.45) is 11.8 Å². The first-order valence-corrected chi connectivity index (χ1v) is 9.91. The summed E-state index contributed by atoms with van der Waals surface area (Å²) in [5.41, 5.74) is 9.27. The third kappa shape index (κ3) is 2.62. The summed E-state index contributed by atoms with van der Waals surface area (Å²) < 4.78 is 0. The second-order valence-electron chi connectivity index (χ2n) is 8.27. The molecule has 0 aromatic carbocycles. The molecule has 0 spiro atoms. The number of halogens is 1. The lowest BCUT2D eigenvalue weighted by Crippen LogP contribution is -2.35. The summed E-state index contributed by atoms with van der Waals surface area (Å²) in [6, 6.07) is 0.541. The number of hydrogen-bond donors (Lipinski definition) is 1. The molecule has 3 heteroatoms. The Bertz CT molecular complexity index is 780. The summed E-state index contributed by atoms with van der Waals surface area (Å²) in [5.74, 6) is 1.29. The highest BCUT2D eigenvalue weighted by molar-refractivity contribution is 5.85. The van der Waals surface area contributed by atoms with E-state index in [1.165, 1.54) is 42.5 Å². The molecule has 2 aliphatic carbocycles. The third-order valence-electron chi connectivity index (χ3n) is 6.58. The van der Waals surface area contributed by atoms with Crippen LogP contribution in [0.4, 0.5) is 0 Å². The quantitative estimate of drug-likeness (QED) is 0.657. The van der Waals surface area contributed by atoms with Crippen molar-refractivity contribution in [3.63, 3.8) is 0 Å². The van der Waals surface area contributed by atoms with Crippen LogP contribution in [0.1, 0.15) is 45.4 Å². The van der Waals surface area contributed by atoms with Gasteiger partial charge < -0.3 is 10.2 Å². The number of dihydropyridines is 1. The molecule has 1 N–H and O–H groups in total. The van der Waals surface area contributed by atoms with Crippen LogP contribution in [-0.4, -0.2) is 17.5 Å². The van der Waals surface area contributed by atoms with E-state index in [0.717, 1.165) is 19.4 Å². The van der Waals surface area contributed by atoms with Gasteiger partial charge in [-0.3, -0.25) is 0 Å². The van der Waals surface area contributed by atoms with Crippen molar-refractivity contribution in [3.8, 4) is 0 Å². The molecule has 3 aliphatic heterocycles. The van der Waals surface area contributed by atoms with Gasteiger partial charge in [-0.1, -0.05) is 23.8 Å². The zero-order valence-corrected chi connectivity index (χ0v) is 16.4. The number of fused-ring (bicyclic) bond motifs is 5. The van der Waals surface area contributed by atoms with Crippen LogP contribution in [0, 0.1) is 11.8 Å². The summed E-state index contributed by atoms with van der Waals surface area (Å²) in [5, 5.41) is 3.47. The van der Waals surface area contributed by atoms with E-state index in [-0.39, 0.29) is 12.4 Å². The molecule has 0 aromatic heterocycles. The van der Waals surface area contributed by atoms with Crippen LogP contribution >= 0.6 is 12.4 Å².